The molecule has 0 aliphatic heterocycles. The third-order valence-electron chi connectivity index (χ3n) is 1.99. The number of aryl methyl sites for hydroxylation is 1. The predicted octanol–water partition coefficient (Wildman–Crippen LogP) is 2.47. The molecule has 2 N–H and O–H groups in total. The number of hydrogen-bond donors (Lipinski definition) is 2. The van der Waals surface area contributed by atoms with Gasteiger partial charge in [0.2, 0.25) is 0 Å². The summed E-state index contributed by atoms with van der Waals surface area (Å²) < 4.78 is 0.927. The molecule has 4 heteroatoms. The van der Waals surface area contributed by atoms with Crippen molar-refractivity contribution in [1.29, 1.82) is 0 Å². The van der Waals surface area contributed by atoms with E-state index in [0.29, 0.717) is 5.69 Å². The minimum Gasteiger partial charge on any atom is -0.381 e. The van der Waals surface area contributed by atoms with Crippen molar-refractivity contribution in [2.45, 2.75) is 26.4 Å². The number of aliphatic hydroxyl groups is 1. The van der Waals surface area contributed by atoms with Crippen LogP contribution >= 0.6 is 15.9 Å². The van der Waals surface area contributed by atoms with Crippen molar-refractivity contribution < 1.29 is 9.90 Å². The first kappa shape index (κ1) is 12.2. The van der Waals surface area contributed by atoms with Crippen LogP contribution in [-0.4, -0.2) is 16.6 Å². The van der Waals surface area contributed by atoms with E-state index in [2.05, 4.69) is 21.2 Å². The molecule has 0 fully saturated rings. The molecule has 1 aromatic carbocycles. The number of benzene rings is 1. The van der Waals surface area contributed by atoms with E-state index in [9.17, 15) is 9.90 Å². The zero-order valence-electron chi connectivity index (χ0n) is 8.97. The van der Waals surface area contributed by atoms with Gasteiger partial charge in [-0.05, 0) is 38.5 Å². The van der Waals surface area contributed by atoms with Gasteiger partial charge in [0, 0.05) is 10.2 Å². The summed E-state index contributed by atoms with van der Waals surface area (Å²) in [6, 6.07) is 5.49. The van der Waals surface area contributed by atoms with Crippen LogP contribution in [0, 0.1) is 6.92 Å². The molecule has 0 radical (unpaired) electrons. The summed E-state index contributed by atoms with van der Waals surface area (Å²) in [5, 5.41) is 12.1. The Morgan fingerprint density at radius 1 is 1.47 bits per heavy atom. The van der Waals surface area contributed by atoms with Gasteiger partial charge < -0.3 is 10.4 Å². The maximum Gasteiger partial charge on any atom is 0.255 e. The van der Waals surface area contributed by atoms with Crippen molar-refractivity contribution in [3.63, 3.8) is 0 Å². The molecule has 1 rings (SSSR count). The number of nitrogens with one attached hydrogen (secondary N) is 1. The highest BCUT2D eigenvalue weighted by Gasteiger charge is 2.23. The fraction of sp³-hybridized carbons (Fsp3) is 0.364. The first-order valence-electron chi connectivity index (χ1n) is 4.60. The van der Waals surface area contributed by atoms with E-state index in [0.717, 1.165) is 10.0 Å². The van der Waals surface area contributed by atoms with E-state index in [4.69, 9.17) is 0 Å². The zero-order valence-corrected chi connectivity index (χ0v) is 10.6. The Labute approximate surface area is 97.6 Å². The molecule has 0 saturated carbocycles. The summed E-state index contributed by atoms with van der Waals surface area (Å²) >= 11 is 3.37. The number of halogens is 1. The van der Waals surface area contributed by atoms with Crippen LogP contribution in [0.15, 0.2) is 22.7 Å². The van der Waals surface area contributed by atoms with E-state index in [1.807, 2.05) is 13.0 Å². The average Bonchev–Trinajstić information content (AvgIpc) is 2.10. The molecule has 1 amide bonds. The molecule has 82 valence electrons. The lowest BCUT2D eigenvalue weighted by Crippen LogP contribution is -2.36. The second kappa shape index (κ2) is 4.33. The van der Waals surface area contributed by atoms with Crippen molar-refractivity contribution in [1.82, 2.24) is 0 Å². The maximum absolute atomic E-state index is 11.5. The molecular formula is C11H14BrNO2. The Kier molecular flexibility index (Phi) is 3.52. The van der Waals surface area contributed by atoms with Gasteiger partial charge in [0.05, 0.1) is 0 Å². The molecule has 0 unspecified atom stereocenters. The van der Waals surface area contributed by atoms with Crippen molar-refractivity contribution in [2.75, 3.05) is 5.32 Å². The Hall–Kier alpha value is -0.870. The summed E-state index contributed by atoms with van der Waals surface area (Å²) in [4.78, 5) is 11.5. The van der Waals surface area contributed by atoms with Gasteiger partial charge in [0.1, 0.15) is 5.60 Å². The monoisotopic (exact) mass is 271 g/mol. The summed E-state index contributed by atoms with van der Waals surface area (Å²) in [6.07, 6.45) is 0. The Morgan fingerprint density at radius 3 is 2.53 bits per heavy atom. The molecule has 0 aromatic heterocycles. The number of carbonyl (C=O) groups is 1. The third kappa shape index (κ3) is 3.32. The van der Waals surface area contributed by atoms with E-state index >= 15 is 0 Å². The van der Waals surface area contributed by atoms with Gasteiger partial charge in [-0.15, -0.1) is 0 Å². The second-order valence-electron chi connectivity index (χ2n) is 3.98. The first-order chi connectivity index (χ1) is 6.80. The molecule has 0 aliphatic rings. The molecule has 0 aliphatic carbocycles. The molecule has 0 bridgehead atoms. The van der Waals surface area contributed by atoms with Crippen LogP contribution < -0.4 is 5.32 Å². The molecular weight excluding hydrogens is 258 g/mol. The van der Waals surface area contributed by atoms with E-state index in [-0.39, 0.29) is 0 Å². The lowest BCUT2D eigenvalue weighted by Gasteiger charge is -2.16. The largest absolute Gasteiger partial charge is 0.381 e. The SMILES string of the molecule is Cc1ccc(NC(=O)C(C)(C)O)cc1Br. The van der Waals surface area contributed by atoms with Gasteiger partial charge in [-0.2, -0.15) is 0 Å². The van der Waals surface area contributed by atoms with Crippen molar-refractivity contribution in [2.24, 2.45) is 0 Å². The standard InChI is InChI=1S/C11H14BrNO2/c1-7-4-5-8(6-9(7)12)13-10(14)11(2,3)15/h4-6,15H,1-3H3,(H,13,14). The molecule has 0 saturated heterocycles. The Morgan fingerprint density at radius 2 is 2.07 bits per heavy atom. The Bertz CT molecular complexity index is 383. The van der Waals surface area contributed by atoms with Crippen LogP contribution in [0.4, 0.5) is 5.69 Å². The number of carbonyl (C=O) groups excluding carboxylic acids is 1. The lowest BCUT2D eigenvalue weighted by atomic mass is 10.1. The molecule has 0 atom stereocenters. The number of anilines is 1. The highest BCUT2D eigenvalue weighted by molar-refractivity contribution is 9.10. The summed E-state index contributed by atoms with van der Waals surface area (Å²) in [5.41, 5.74) is 0.396. The quantitative estimate of drug-likeness (QED) is 0.868. The third-order valence-corrected chi connectivity index (χ3v) is 2.84. The minimum absolute atomic E-state index is 0.418. The molecule has 0 spiro atoms. The first-order valence-corrected chi connectivity index (χ1v) is 5.40. The highest BCUT2D eigenvalue weighted by Crippen LogP contribution is 2.21. The predicted molar refractivity (Wildman–Crippen MR) is 63.8 cm³/mol. The second-order valence-corrected chi connectivity index (χ2v) is 4.83. The van der Waals surface area contributed by atoms with Crippen LogP contribution in [0.25, 0.3) is 0 Å². The fourth-order valence-corrected chi connectivity index (χ4v) is 1.33. The molecule has 1 aromatic rings. The van der Waals surface area contributed by atoms with Gasteiger partial charge in [0.25, 0.3) is 5.91 Å². The van der Waals surface area contributed by atoms with Crippen molar-refractivity contribution in [3.05, 3.63) is 28.2 Å². The average molecular weight is 272 g/mol. The van der Waals surface area contributed by atoms with E-state index < -0.39 is 11.5 Å². The van der Waals surface area contributed by atoms with Crippen LogP contribution in [0.3, 0.4) is 0 Å². The van der Waals surface area contributed by atoms with Gasteiger partial charge in [-0.25, -0.2) is 0 Å². The summed E-state index contributed by atoms with van der Waals surface area (Å²) in [6.45, 7) is 4.86. The summed E-state index contributed by atoms with van der Waals surface area (Å²) in [7, 11) is 0. The van der Waals surface area contributed by atoms with Gasteiger partial charge in [-0.1, -0.05) is 22.0 Å². The van der Waals surface area contributed by atoms with E-state index in [1.54, 1.807) is 12.1 Å². The van der Waals surface area contributed by atoms with Crippen molar-refractivity contribution in [3.8, 4) is 0 Å². The zero-order chi connectivity index (χ0) is 11.6. The van der Waals surface area contributed by atoms with Gasteiger partial charge in [0.15, 0.2) is 0 Å². The van der Waals surface area contributed by atoms with Gasteiger partial charge >= 0.3 is 0 Å². The van der Waals surface area contributed by atoms with Gasteiger partial charge in [-0.3, -0.25) is 4.79 Å². The molecule has 15 heavy (non-hydrogen) atoms. The smallest absolute Gasteiger partial charge is 0.255 e. The topological polar surface area (TPSA) is 49.3 Å². The van der Waals surface area contributed by atoms with Crippen LogP contribution in [0.5, 0.6) is 0 Å². The number of amides is 1. The number of hydrogen-bond acceptors (Lipinski definition) is 2. The van der Waals surface area contributed by atoms with Crippen LogP contribution in [0.2, 0.25) is 0 Å². The summed E-state index contributed by atoms with van der Waals surface area (Å²) in [5.74, 6) is -0.418. The van der Waals surface area contributed by atoms with Crippen LogP contribution in [-0.2, 0) is 4.79 Å². The van der Waals surface area contributed by atoms with Crippen LogP contribution in [0.1, 0.15) is 19.4 Å². The highest BCUT2D eigenvalue weighted by atomic mass is 79.9. The Balaban J connectivity index is 2.83. The molecule has 0 heterocycles. The fourth-order valence-electron chi connectivity index (χ4n) is 0.955. The maximum atomic E-state index is 11.5. The van der Waals surface area contributed by atoms with E-state index in [1.165, 1.54) is 13.8 Å². The van der Waals surface area contributed by atoms with Crippen molar-refractivity contribution >= 4 is 27.5 Å². The normalized spacial score (nSPS) is 11.3. The minimum atomic E-state index is -1.36. The lowest BCUT2D eigenvalue weighted by molar-refractivity contribution is -0.130. The number of rotatable bonds is 2. The molecule has 3 nitrogen and oxygen atoms in total.